The number of rotatable bonds is 9. The van der Waals surface area contributed by atoms with E-state index in [4.69, 9.17) is 18.4 Å². The molecule has 0 unspecified atom stereocenters. The molecule has 0 atom stereocenters. The van der Waals surface area contributed by atoms with Crippen LogP contribution in [0, 0.1) is 0 Å². The third-order valence-electron chi connectivity index (χ3n) is 3.41. The molecule has 0 fully saturated rings. The van der Waals surface area contributed by atoms with Gasteiger partial charge in [-0.2, -0.15) is 0 Å². The van der Waals surface area contributed by atoms with Gasteiger partial charge in [0, 0.05) is 0 Å². The summed E-state index contributed by atoms with van der Waals surface area (Å²) in [6.45, 7) is 0. The molecule has 0 aliphatic carbocycles. The van der Waals surface area contributed by atoms with Crippen LogP contribution in [-0.4, -0.2) is 91.9 Å². The van der Waals surface area contributed by atoms with E-state index in [1.807, 2.05) is 0 Å². The SMILES string of the molecule is C[O][Sn]([O]C)([O]C)[c]1cnc(-c2nc[c]([Sn]([O]C)([O]C)[O]C)s2)s1. The molecule has 12 heteroatoms. The molecule has 0 saturated carbocycles. The number of thiazole rings is 2. The Bertz CT molecular complexity index is 587. The predicted octanol–water partition coefficient (Wildman–Crippen LogP) is 0.437. The van der Waals surface area contributed by atoms with Gasteiger partial charge in [-0.25, -0.2) is 0 Å². The summed E-state index contributed by atoms with van der Waals surface area (Å²) in [4.78, 5) is 8.90. The second-order valence-corrected chi connectivity index (χ2v) is 24.9. The number of hydrogen-bond acceptors (Lipinski definition) is 10. The van der Waals surface area contributed by atoms with Crippen molar-refractivity contribution in [2.75, 3.05) is 42.7 Å². The van der Waals surface area contributed by atoms with Crippen LogP contribution in [0.4, 0.5) is 0 Å². The van der Waals surface area contributed by atoms with Gasteiger partial charge < -0.3 is 0 Å². The summed E-state index contributed by atoms with van der Waals surface area (Å²) in [5, 5.41) is 1.55. The molecule has 0 N–H and O–H groups in total. The average molecular weight is 590 g/mol. The van der Waals surface area contributed by atoms with Crippen LogP contribution >= 0.6 is 22.7 Å². The predicted molar refractivity (Wildman–Crippen MR) is 96.1 cm³/mol. The van der Waals surface area contributed by atoms with Crippen molar-refractivity contribution in [1.29, 1.82) is 0 Å². The molecule has 2 heterocycles. The number of nitrogens with zero attached hydrogens (tertiary/aromatic N) is 2. The Hall–Kier alpha value is 0.617. The minimum atomic E-state index is -3.71. The van der Waals surface area contributed by atoms with Crippen LogP contribution in [0.5, 0.6) is 0 Å². The zero-order chi connectivity index (χ0) is 17.8. The maximum absolute atomic E-state index is 5.55. The first-order valence-corrected chi connectivity index (χ1v) is 18.3. The fraction of sp³-hybridized carbons (Fsp3) is 0.500. The van der Waals surface area contributed by atoms with Gasteiger partial charge in [0.25, 0.3) is 0 Å². The quantitative estimate of drug-likeness (QED) is 0.390. The van der Waals surface area contributed by atoms with E-state index < -0.39 is 39.2 Å². The van der Waals surface area contributed by atoms with Crippen molar-refractivity contribution in [3.63, 3.8) is 0 Å². The maximum atomic E-state index is 5.55. The van der Waals surface area contributed by atoms with E-state index in [0.29, 0.717) is 0 Å². The third-order valence-corrected chi connectivity index (χ3v) is 23.7. The number of hydrogen-bond donors (Lipinski definition) is 0. The van der Waals surface area contributed by atoms with Crippen molar-refractivity contribution in [3.05, 3.63) is 12.4 Å². The van der Waals surface area contributed by atoms with Crippen LogP contribution in [0.25, 0.3) is 10.0 Å². The van der Waals surface area contributed by atoms with Crippen molar-refractivity contribution in [1.82, 2.24) is 9.97 Å². The molecule has 0 spiro atoms. The van der Waals surface area contributed by atoms with Crippen molar-refractivity contribution in [2.45, 2.75) is 0 Å². The minimum absolute atomic E-state index is 0.775. The first kappa shape index (κ1) is 20.9. The topological polar surface area (TPSA) is 81.2 Å². The van der Waals surface area contributed by atoms with E-state index in [1.165, 1.54) is 22.7 Å². The van der Waals surface area contributed by atoms with E-state index >= 15 is 0 Å². The molecule has 24 heavy (non-hydrogen) atoms. The molecule has 0 aliphatic heterocycles. The van der Waals surface area contributed by atoms with Gasteiger partial charge in [0.1, 0.15) is 0 Å². The first-order chi connectivity index (χ1) is 11.5. The second kappa shape index (κ2) is 9.01. The molecule has 2 rings (SSSR count). The Morgan fingerprint density at radius 2 is 0.917 bits per heavy atom. The van der Waals surface area contributed by atoms with E-state index in [2.05, 4.69) is 9.97 Å². The summed E-state index contributed by atoms with van der Waals surface area (Å²) in [5.41, 5.74) is 0. The molecule has 0 amide bonds. The van der Waals surface area contributed by atoms with Crippen molar-refractivity contribution < 1.29 is 18.4 Å². The normalized spacial score (nSPS) is 12.8. The van der Waals surface area contributed by atoms with Gasteiger partial charge in [0.05, 0.1) is 0 Å². The summed E-state index contributed by atoms with van der Waals surface area (Å²) in [7, 11) is 9.60. The van der Waals surface area contributed by atoms with E-state index in [9.17, 15) is 0 Å². The third kappa shape index (κ3) is 3.82. The monoisotopic (exact) mass is 592 g/mol. The Labute approximate surface area is 160 Å². The molecular weight excluding hydrogens is 570 g/mol. The molecule has 8 nitrogen and oxygen atoms in total. The van der Waals surface area contributed by atoms with Gasteiger partial charge in [-0.05, 0) is 0 Å². The van der Waals surface area contributed by atoms with Crippen molar-refractivity contribution in [3.8, 4) is 10.0 Å². The summed E-state index contributed by atoms with van der Waals surface area (Å²) < 4.78 is 35.1. The first-order valence-electron chi connectivity index (χ1n) is 6.78. The summed E-state index contributed by atoms with van der Waals surface area (Å²) in [6, 6.07) is 0. The van der Waals surface area contributed by atoms with Gasteiger partial charge in [-0.1, -0.05) is 0 Å². The zero-order valence-corrected chi connectivity index (χ0v) is 21.7. The van der Waals surface area contributed by atoms with Crippen LogP contribution in [0.15, 0.2) is 12.4 Å². The fourth-order valence-electron chi connectivity index (χ4n) is 2.13. The van der Waals surface area contributed by atoms with Gasteiger partial charge in [0.2, 0.25) is 0 Å². The molecule has 0 aliphatic rings. The Morgan fingerprint density at radius 1 is 0.625 bits per heavy atom. The fourth-order valence-corrected chi connectivity index (χ4v) is 18.5. The average Bonchev–Trinajstić information content (AvgIpc) is 3.29. The van der Waals surface area contributed by atoms with Crippen LogP contribution in [0.2, 0.25) is 0 Å². The van der Waals surface area contributed by atoms with Crippen molar-refractivity contribution >= 4 is 67.7 Å². The molecule has 134 valence electrons. The molecular formula is C12H20N2O6S2Sn2. The summed E-state index contributed by atoms with van der Waals surface area (Å²) >= 11 is -4.48. The van der Waals surface area contributed by atoms with Crippen LogP contribution in [0.1, 0.15) is 0 Å². The zero-order valence-electron chi connectivity index (χ0n) is 14.3. The van der Waals surface area contributed by atoms with Gasteiger partial charge >= 0.3 is 161 Å². The van der Waals surface area contributed by atoms with Gasteiger partial charge in [-0.3, -0.25) is 0 Å². The van der Waals surface area contributed by atoms with E-state index in [0.717, 1.165) is 15.8 Å². The standard InChI is InChI=1S/C6H2N2S2.6CH3O.2Sn/c1-3-9-5(7-1)6-8-2-4-10-6;6*1-2;;/h1-2H;6*1H3;;/q;6*-1;2*+3. The van der Waals surface area contributed by atoms with Crippen LogP contribution < -0.4 is 5.79 Å². The molecule has 0 saturated heterocycles. The molecule has 0 bridgehead atoms. The molecule has 2 aromatic heterocycles. The van der Waals surface area contributed by atoms with E-state index in [-0.39, 0.29) is 0 Å². The number of aromatic nitrogens is 2. The van der Waals surface area contributed by atoms with Crippen LogP contribution in [0.3, 0.4) is 0 Å². The Balaban J connectivity index is 2.35. The summed E-state index contributed by atoms with van der Waals surface area (Å²) in [5.74, 6) is 0. The summed E-state index contributed by atoms with van der Waals surface area (Å²) in [6.07, 6.45) is 3.49. The molecule has 0 radical (unpaired) electrons. The van der Waals surface area contributed by atoms with Gasteiger partial charge in [-0.15, -0.1) is 0 Å². The van der Waals surface area contributed by atoms with Crippen LogP contribution in [-0.2, 0) is 18.4 Å². The second-order valence-electron chi connectivity index (χ2n) is 4.40. The van der Waals surface area contributed by atoms with Crippen molar-refractivity contribution in [2.24, 2.45) is 0 Å². The molecule has 2 aromatic rings. The Kier molecular flexibility index (Phi) is 7.86. The van der Waals surface area contributed by atoms with Gasteiger partial charge in [0.15, 0.2) is 0 Å². The molecule has 0 aromatic carbocycles. The Morgan fingerprint density at radius 3 is 1.17 bits per heavy atom. The van der Waals surface area contributed by atoms with E-state index in [1.54, 1.807) is 55.1 Å².